The molecule has 2 nitrogen and oxygen atoms in total. The SMILES string of the molecule is Cc1cccc(C(O)c2ccccc2)c1Pc1cccc(CC2C=CC=CC2)c1O. The van der Waals surface area contributed by atoms with Crippen molar-refractivity contribution in [2.24, 2.45) is 5.92 Å². The molecule has 0 bridgehead atoms. The van der Waals surface area contributed by atoms with Gasteiger partial charge in [0, 0.05) is 5.30 Å². The molecular weight excluding hydrogens is 387 g/mol. The maximum atomic E-state index is 11.0. The smallest absolute Gasteiger partial charge is 0.126 e. The lowest BCUT2D eigenvalue weighted by Gasteiger charge is -2.20. The first-order valence-electron chi connectivity index (χ1n) is 10.4. The van der Waals surface area contributed by atoms with Gasteiger partial charge in [0.15, 0.2) is 0 Å². The van der Waals surface area contributed by atoms with Gasteiger partial charge in [0.25, 0.3) is 0 Å². The second-order valence-electron chi connectivity index (χ2n) is 7.80. The number of phenolic OH excluding ortho intramolecular Hbond substituents is 1. The maximum Gasteiger partial charge on any atom is 0.126 e. The van der Waals surface area contributed by atoms with Crippen LogP contribution in [0.25, 0.3) is 0 Å². The van der Waals surface area contributed by atoms with E-state index in [2.05, 4.69) is 37.3 Å². The fraction of sp³-hybridized carbons (Fsp3) is 0.185. The fourth-order valence-corrected chi connectivity index (χ4v) is 5.33. The van der Waals surface area contributed by atoms with Gasteiger partial charge in [-0.1, -0.05) is 99.6 Å². The Morgan fingerprint density at radius 2 is 1.77 bits per heavy atom. The molecule has 1 aliphatic carbocycles. The normalized spacial score (nSPS) is 16.9. The Hall–Kier alpha value is -2.67. The number of aromatic hydroxyl groups is 1. The number of hydrogen-bond acceptors (Lipinski definition) is 2. The Kier molecular flexibility index (Phi) is 6.47. The highest BCUT2D eigenvalue weighted by atomic mass is 31.1. The van der Waals surface area contributed by atoms with Crippen LogP contribution in [0, 0.1) is 12.8 Å². The molecule has 4 rings (SSSR count). The number of rotatable bonds is 6. The van der Waals surface area contributed by atoms with Crippen molar-refractivity contribution in [3.63, 3.8) is 0 Å². The molecule has 0 aliphatic heterocycles. The standard InChI is InChI=1S/C27H27O2P/c1-19-10-8-16-23(25(28)21-13-6-3-7-14-21)27(19)30-24-17-9-15-22(26(24)29)18-20-11-4-2-5-12-20/h2-11,13-17,20,25,28-30H,12,18H2,1H3. The zero-order chi connectivity index (χ0) is 20.9. The molecule has 152 valence electrons. The van der Waals surface area contributed by atoms with Gasteiger partial charge in [0.05, 0.1) is 0 Å². The van der Waals surface area contributed by atoms with Crippen LogP contribution in [0.15, 0.2) is 91.0 Å². The number of aryl methyl sites for hydroxylation is 1. The van der Waals surface area contributed by atoms with Crippen LogP contribution in [0.5, 0.6) is 5.75 Å². The molecule has 30 heavy (non-hydrogen) atoms. The summed E-state index contributed by atoms with van der Waals surface area (Å²) < 4.78 is 0. The van der Waals surface area contributed by atoms with Crippen LogP contribution >= 0.6 is 8.58 Å². The van der Waals surface area contributed by atoms with Crippen LogP contribution in [0.2, 0.25) is 0 Å². The lowest BCUT2D eigenvalue weighted by Crippen LogP contribution is -2.17. The molecule has 0 radical (unpaired) electrons. The summed E-state index contributed by atoms with van der Waals surface area (Å²) in [5, 5.41) is 24.1. The molecule has 3 heteroatoms. The Morgan fingerprint density at radius 3 is 2.53 bits per heavy atom. The molecule has 2 N–H and O–H groups in total. The number of allylic oxidation sites excluding steroid dienone is 4. The van der Waals surface area contributed by atoms with Gasteiger partial charge in [-0.05, 0) is 53.2 Å². The fourth-order valence-electron chi connectivity index (χ4n) is 3.96. The van der Waals surface area contributed by atoms with Crippen LogP contribution in [-0.4, -0.2) is 10.2 Å². The van der Waals surface area contributed by atoms with Gasteiger partial charge in [-0.15, -0.1) is 0 Å². The average molecular weight is 414 g/mol. The molecule has 3 atom stereocenters. The van der Waals surface area contributed by atoms with E-state index >= 15 is 0 Å². The minimum absolute atomic E-state index is 0.277. The van der Waals surface area contributed by atoms with Crippen molar-refractivity contribution in [3.05, 3.63) is 113 Å². The summed E-state index contributed by atoms with van der Waals surface area (Å²) in [7, 11) is 0.277. The van der Waals surface area contributed by atoms with Crippen molar-refractivity contribution in [3.8, 4) is 5.75 Å². The summed E-state index contributed by atoms with van der Waals surface area (Å²) in [6.45, 7) is 2.07. The lowest BCUT2D eigenvalue weighted by atomic mass is 9.93. The molecule has 3 aromatic rings. The summed E-state index contributed by atoms with van der Waals surface area (Å²) in [6, 6.07) is 21.9. The molecule has 0 saturated carbocycles. The quantitative estimate of drug-likeness (QED) is 0.552. The predicted octanol–water partition coefficient (Wildman–Crippen LogP) is 5.09. The van der Waals surface area contributed by atoms with Crippen molar-refractivity contribution < 1.29 is 10.2 Å². The number of aliphatic hydroxyl groups excluding tert-OH is 1. The summed E-state index contributed by atoms with van der Waals surface area (Å²) in [6.07, 6.45) is 9.71. The second kappa shape index (κ2) is 9.43. The van der Waals surface area contributed by atoms with Gasteiger partial charge in [-0.3, -0.25) is 0 Å². The zero-order valence-electron chi connectivity index (χ0n) is 17.1. The van der Waals surface area contributed by atoms with E-state index in [0.717, 1.165) is 45.7 Å². The molecular formula is C27H27O2P. The van der Waals surface area contributed by atoms with Crippen molar-refractivity contribution in [2.45, 2.75) is 25.9 Å². The van der Waals surface area contributed by atoms with Crippen LogP contribution in [0.3, 0.4) is 0 Å². The first-order valence-corrected chi connectivity index (χ1v) is 11.4. The van der Waals surface area contributed by atoms with Crippen LogP contribution in [0.1, 0.15) is 34.8 Å². The van der Waals surface area contributed by atoms with Gasteiger partial charge >= 0.3 is 0 Å². The lowest BCUT2D eigenvalue weighted by molar-refractivity contribution is 0.221. The predicted molar refractivity (Wildman–Crippen MR) is 127 cm³/mol. The van der Waals surface area contributed by atoms with Crippen molar-refractivity contribution in [1.29, 1.82) is 0 Å². The number of para-hydroxylation sites is 1. The van der Waals surface area contributed by atoms with E-state index in [-0.39, 0.29) is 8.58 Å². The summed E-state index contributed by atoms with van der Waals surface area (Å²) >= 11 is 0. The highest BCUT2D eigenvalue weighted by Crippen LogP contribution is 2.30. The highest BCUT2D eigenvalue weighted by Gasteiger charge is 2.18. The van der Waals surface area contributed by atoms with Crippen molar-refractivity contribution in [1.82, 2.24) is 0 Å². The summed E-state index contributed by atoms with van der Waals surface area (Å²) in [4.78, 5) is 0. The van der Waals surface area contributed by atoms with E-state index in [1.807, 2.05) is 60.7 Å². The molecule has 0 saturated heterocycles. The molecule has 0 fully saturated rings. The minimum Gasteiger partial charge on any atom is -0.507 e. The zero-order valence-corrected chi connectivity index (χ0v) is 18.1. The average Bonchev–Trinajstić information content (AvgIpc) is 2.78. The molecule has 0 amide bonds. The Morgan fingerprint density at radius 1 is 0.967 bits per heavy atom. The Balaban J connectivity index is 1.64. The first-order chi connectivity index (χ1) is 14.6. The van der Waals surface area contributed by atoms with E-state index in [1.165, 1.54) is 0 Å². The number of benzene rings is 3. The second-order valence-corrected chi connectivity index (χ2v) is 9.09. The minimum atomic E-state index is -0.682. The van der Waals surface area contributed by atoms with Gasteiger partial charge in [0.1, 0.15) is 11.9 Å². The van der Waals surface area contributed by atoms with Crippen molar-refractivity contribution >= 4 is 19.2 Å². The summed E-state index contributed by atoms with van der Waals surface area (Å²) in [5.74, 6) is 0.815. The molecule has 0 heterocycles. The van der Waals surface area contributed by atoms with Crippen LogP contribution < -0.4 is 10.6 Å². The van der Waals surface area contributed by atoms with E-state index < -0.39 is 6.10 Å². The topological polar surface area (TPSA) is 40.5 Å². The number of hydrogen-bond donors (Lipinski definition) is 2. The molecule has 1 aliphatic rings. The van der Waals surface area contributed by atoms with E-state index in [9.17, 15) is 10.2 Å². The molecule has 0 spiro atoms. The third-order valence-corrected chi connectivity index (χ3v) is 7.25. The van der Waals surface area contributed by atoms with E-state index in [4.69, 9.17) is 0 Å². The Labute approximate surface area is 180 Å². The molecule has 3 unspecified atom stereocenters. The van der Waals surface area contributed by atoms with Gasteiger partial charge in [0.2, 0.25) is 0 Å². The molecule has 0 aromatic heterocycles. The monoisotopic (exact) mass is 414 g/mol. The van der Waals surface area contributed by atoms with Gasteiger partial charge < -0.3 is 10.2 Å². The van der Waals surface area contributed by atoms with E-state index in [0.29, 0.717) is 11.7 Å². The number of aliphatic hydroxyl groups is 1. The third kappa shape index (κ3) is 4.56. The van der Waals surface area contributed by atoms with Gasteiger partial charge in [-0.2, -0.15) is 0 Å². The van der Waals surface area contributed by atoms with Crippen molar-refractivity contribution in [2.75, 3.05) is 0 Å². The first kappa shape index (κ1) is 20.6. The third-order valence-electron chi connectivity index (χ3n) is 5.65. The largest absolute Gasteiger partial charge is 0.507 e. The highest BCUT2D eigenvalue weighted by molar-refractivity contribution is 7.56. The maximum absolute atomic E-state index is 11.0. The summed E-state index contributed by atoms with van der Waals surface area (Å²) in [5.41, 5.74) is 3.91. The Bertz CT molecular complexity index is 1070. The van der Waals surface area contributed by atoms with E-state index in [1.54, 1.807) is 0 Å². The molecule has 3 aromatic carbocycles. The van der Waals surface area contributed by atoms with Crippen LogP contribution in [0.4, 0.5) is 0 Å². The number of phenols is 1. The van der Waals surface area contributed by atoms with Gasteiger partial charge in [-0.25, -0.2) is 0 Å². The van der Waals surface area contributed by atoms with Crippen LogP contribution in [-0.2, 0) is 6.42 Å².